The second-order valence-electron chi connectivity index (χ2n) is 4.26. The number of rotatable bonds is 3. The number of nitrogens with one attached hydrogen (secondary N) is 1. The fourth-order valence-corrected chi connectivity index (χ4v) is 2.01. The number of hydrogen-bond donors (Lipinski definition) is 1. The van der Waals surface area contributed by atoms with Gasteiger partial charge in [0.05, 0.1) is 5.69 Å². The molecule has 0 radical (unpaired) electrons. The Morgan fingerprint density at radius 1 is 1.17 bits per heavy atom. The summed E-state index contributed by atoms with van der Waals surface area (Å²) in [4.78, 5) is 8.24. The van der Waals surface area contributed by atoms with E-state index in [0.717, 1.165) is 17.7 Å². The van der Waals surface area contributed by atoms with Gasteiger partial charge < -0.3 is 5.32 Å². The van der Waals surface area contributed by atoms with Crippen LogP contribution in [0.2, 0.25) is 0 Å². The predicted octanol–water partition coefficient (Wildman–Crippen LogP) is 3.33. The third kappa shape index (κ3) is 2.47. The van der Waals surface area contributed by atoms with E-state index in [1.807, 2.05) is 26.8 Å². The van der Waals surface area contributed by atoms with E-state index >= 15 is 0 Å². The van der Waals surface area contributed by atoms with E-state index in [4.69, 9.17) is 0 Å². The first-order valence-electron chi connectivity index (χ1n) is 5.95. The maximum absolute atomic E-state index is 14.0. The van der Waals surface area contributed by atoms with E-state index in [9.17, 15) is 4.39 Å². The maximum atomic E-state index is 14.0. The molecule has 3 nitrogen and oxygen atoms in total. The zero-order valence-corrected chi connectivity index (χ0v) is 10.8. The lowest BCUT2D eigenvalue weighted by Gasteiger charge is -2.09. The number of benzene rings is 1. The summed E-state index contributed by atoms with van der Waals surface area (Å²) in [5.41, 5.74) is 2.95. The minimum absolute atomic E-state index is 0.242. The first-order valence-corrected chi connectivity index (χ1v) is 5.95. The van der Waals surface area contributed by atoms with Gasteiger partial charge in [-0.25, -0.2) is 14.4 Å². The zero-order valence-electron chi connectivity index (χ0n) is 10.8. The SMILES string of the molecule is CCNc1cc(-c2c(C)cc(C)cc2F)ncn1. The van der Waals surface area contributed by atoms with E-state index in [2.05, 4.69) is 15.3 Å². The largest absolute Gasteiger partial charge is 0.370 e. The summed E-state index contributed by atoms with van der Waals surface area (Å²) in [6.07, 6.45) is 1.45. The van der Waals surface area contributed by atoms with E-state index in [0.29, 0.717) is 17.1 Å². The molecule has 0 spiro atoms. The fraction of sp³-hybridized carbons (Fsp3) is 0.286. The predicted molar refractivity (Wildman–Crippen MR) is 71.1 cm³/mol. The molecule has 0 atom stereocenters. The molecule has 18 heavy (non-hydrogen) atoms. The molecular weight excluding hydrogens is 229 g/mol. The summed E-state index contributed by atoms with van der Waals surface area (Å²) in [5, 5.41) is 3.09. The first kappa shape index (κ1) is 12.5. The third-order valence-corrected chi connectivity index (χ3v) is 2.71. The van der Waals surface area contributed by atoms with Crippen LogP contribution >= 0.6 is 0 Å². The smallest absolute Gasteiger partial charge is 0.133 e. The molecule has 1 aromatic carbocycles. The average Bonchev–Trinajstić information content (AvgIpc) is 2.28. The van der Waals surface area contributed by atoms with Gasteiger partial charge in [-0.3, -0.25) is 0 Å². The second-order valence-corrected chi connectivity index (χ2v) is 4.26. The molecule has 0 unspecified atom stereocenters. The Bertz CT molecular complexity index is 544. The first-order chi connectivity index (χ1) is 8.61. The molecule has 4 heteroatoms. The van der Waals surface area contributed by atoms with Crippen molar-refractivity contribution in [3.63, 3.8) is 0 Å². The second kappa shape index (κ2) is 5.12. The minimum atomic E-state index is -0.242. The lowest BCUT2D eigenvalue weighted by molar-refractivity contribution is 0.628. The summed E-state index contributed by atoms with van der Waals surface area (Å²) in [5.74, 6) is 0.468. The highest BCUT2D eigenvalue weighted by Crippen LogP contribution is 2.26. The number of halogens is 1. The Hall–Kier alpha value is -1.97. The quantitative estimate of drug-likeness (QED) is 0.901. The van der Waals surface area contributed by atoms with Crippen LogP contribution in [-0.2, 0) is 0 Å². The Morgan fingerprint density at radius 3 is 2.61 bits per heavy atom. The summed E-state index contributed by atoms with van der Waals surface area (Å²) in [7, 11) is 0. The van der Waals surface area contributed by atoms with Crippen molar-refractivity contribution in [1.29, 1.82) is 0 Å². The molecule has 1 heterocycles. The number of aryl methyl sites for hydroxylation is 2. The van der Waals surface area contributed by atoms with Crippen molar-refractivity contribution < 1.29 is 4.39 Å². The van der Waals surface area contributed by atoms with Gasteiger partial charge in [0.15, 0.2) is 0 Å². The zero-order chi connectivity index (χ0) is 13.1. The molecule has 0 bridgehead atoms. The van der Waals surface area contributed by atoms with Crippen LogP contribution in [-0.4, -0.2) is 16.5 Å². The monoisotopic (exact) mass is 245 g/mol. The van der Waals surface area contributed by atoms with Gasteiger partial charge in [0, 0.05) is 18.2 Å². The van der Waals surface area contributed by atoms with Crippen molar-refractivity contribution >= 4 is 5.82 Å². The van der Waals surface area contributed by atoms with Crippen molar-refractivity contribution in [2.24, 2.45) is 0 Å². The molecular formula is C14H16FN3. The molecule has 0 amide bonds. The van der Waals surface area contributed by atoms with Gasteiger partial charge in [0.2, 0.25) is 0 Å². The van der Waals surface area contributed by atoms with Gasteiger partial charge in [-0.05, 0) is 38.0 Å². The molecule has 1 aromatic heterocycles. The van der Waals surface area contributed by atoms with Gasteiger partial charge in [-0.1, -0.05) is 6.07 Å². The van der Waals surface area contributed by atoms with E-state index < -0.39 is 0 Å². The molecule has 1 N–H and O–H groups in total. The standard InChI is InChI=1S/C14H16FN3/c1-4-16-13-7-12(17-8-18-13)14-10(3)5-9(2)6-11(14)15/h5-8H,4H2,1-3H3,(H,16,17,18). The maximum Gasteiger partial charge on any atom is 0.133 e. The van der Waals surface area contributed by atoms with Gasteiger partial charge in [0.25, 0.3) is 0 Å². The number of hydrogen-bond acceptors (Lipinski definition) is 3. The minimum Gasteiger partial charge on any atom is -0.370 e. The lowest BCUT2D eigenvalue weighted by atomic mass is 10.0. The Balaban J connectivity index is 2.51. The molecule has 0 saturated carbocycles. The number of anilines is 1. The number of nitrogens with zero attached hydrogens (tertiary/aromatic N) is 2. The summed E-state index contributed by atoms with van der Waals surface area (Å²) in [6, 6.07) is 5.25. The summed E-state index contributed by atoms with van der Waals surface area (Å²) in [6.45, 7) is 6.52. The molecule has 0 fully saturated rings. The van der Waals surface area contributed by atoms with E-state index in [1.165, 1.54) is 12.4 Å². The lowest BCUT2D eigenvalue weighted by Crippen LogP contribution is -2.01. The van der Waals surface area contributed by atoms with Crippen molar-refractivity contribution in [3.8, 4) is 11.3 Å². The topological polar surface area (TPSA) is 37.8 Å². The van der Waals surface area contributed by atoms with Gasteiger partial charge in [-0.15, -0.1) is 0 Å². The summed E-state index contributed by atoms with van der Waals surface area (Å²) < 4.78 is 14.0. The third-order valence-electron chi connectivity index (χ3n) is 2.71. The van der Waals surface area contributed by atoms with Crippen LogP contribution in [0, 0.1) is 19.7 Å². The highest BCUT2D eigenvalue weighted by molar-refractivity contribution is 5.67. The van der Waals surface area contributed by atoms with Crippen LogP contribution in [0.15, 0.2) is 24.5 Å². The van der Waals surface area contributed by atoms with Gasteiger partial charge >= 0.3 is 0 Å². The van der Waals surface area contributed by atoms with Gasteiger partial charge in [0.1, 0.15) is 18.0 Å². The van der Waals surface area contributed by atoms with Crippen molar-refractivity contribution in [3.05, 3.63) is 41.5 Å². The van der Waals surface area contributed by atoms with Crippen LogP contribution in [0.1, 0.15) is 18.1 Å². The molecule has 0 saturated heterocycles. The molecule has 2 rings (SSSR count). The molecule has 94 valence electrons. The Kier molecular flexibility index (Phi) is 3.55. The molecule has 0 aliphatic rings. The van der Waals surface area contributed by atoms with Crippen LogP contribution < -0.4 is 5.32 Å². The highest BCUT2D eigenvalue weighted by Gasteiger charge is 2.11. The Morgan fingerprint density at radius 2 is 1.94 bits per heavy atom. The van der Waals surface area contributed by atoms with Crippen molar-refractivity contribution in [1.82, 2.24) is 9.97 Å². The highest BCUT2D eigenvalue weighted by atomic mass is 19.1. The summed E-state index contributed by atoms with van der Waals surface area (Å²) >= 11 is 0. The average molecular weight is 245 g/mol. The molecule has 0 aliphatic carbocycles. The van der Waals surface area contributed by atoms with Crippen molar-refractivity contribution in [2.45, 2.75) is 20.8 Å². The number of aromatic nitrogens is 2. The van der Waals surface area contributed by atoms with E-state index in [1.54, 1.807) is 6.07 Å². The van der Waals surface area contributed by atoms with Gasteiger partial charge in [-0.2, -0.15) is 0 Å². The van der Waals surface area contributed by atoms with Crippen molar-refractivity contribution in [2.75, 3.05) is 11.9 Å². The molecule has 2 aromatic rings. The normalized spacial score (nSPS) is 10.4. The van der Waals surface area contributed by atoms with Crippen LogP contribution in [0.4, 0.5) is 10.2 Å². The van der Waals surface area contributed by atoms with Crippen LogP contribution in [0.5, 0.6) is 0 Å². The Labute approximate surface area is 106 Å². The molecule has 0 aliphatic heterocycles. The van der Waals surface area contributed by atoms with Crippen LogP contribution in [0.3, 0.4) is 0 Å². The fourth-order valence-electron chi connectivity index (χ4n) is 2.01. The van der Waals surface area contributed by atoms with Crippen LogP contribution in [0.25, 0.3) is 11.3 Å². The van der Waals surface area contributed by atoms with E-state index in [-0.39, 0.29) is 5.82 Å².